The minimum atomic E-state index is 0.226. The van der Waals surface area contributed by atoms with Crippen LogP contribution in [0.4, 0.5) is 0 Å². The van der Waals surface area contributed by atoms with Gasteiger partial charge in [0.15, 0.2) is 0 Å². The molecule has 0 bridgehead atoms. The molecule has 0 aliphatic heterocycles. The van der Waals surface area contributed by atoms with E-state index in [9.17, 15) is 5.11 Å². The lowest BCUT2D eigenvalue weighted by Gasteiger charge is -2.25. The molecule has 84 valence electrons. The van der Waals surface area contributed by atoms with Crippen molar-refractivity contribution in [3.8, 4) is 5.75 Å². The average molecular weight is 207 g/mol. The van der Waals surface area contributed by atoms with Crippen molar-refractivity contribution in [1.29, 1.82) is 0 Å². The highest BCUT2D eigenvalue weighted by Gasteiger charge is 2.17. The zero-order valence-electron chi connectivity index (χ0n) is 9.88. The Morgan fingerprint density at radius 1 is 1.33 bits per heavy atom. The van der Waals surface area contributed by atoms with Crippen LogP contribution in [0.25, 0.3) is 0 Å². The summed E-state index contributed by atoms with van der Waals surface area (Å²) in [6.45, 7) is 8.59. The van der Waals surface area contributed by atoms with Crippen molar-refractivity contribution >= 4 is 0 Å². The monoisotopic (exact) mass is 207 g/mol. The lowest BCUT2D eigenvalue weighted by molar-refractivity contribution is 0.341. The molecule has 1 aromatic carbocycles. The van der Waals surface area contributed by atoms with Gasteiger partial charge in [-0.05, 0) is 36.1 Å². The molecule has 2 heteroatoms. The molecule has 0 fully saturated rings. The van der Waals surface area contributed by atoms with E-state index < -0.39 is 0 Å². The third kappa shape index (κ3) is 4.34. The molecule has 0 aliphatic rings. The van der Waals surface area contributed by atoms with Gasteiger partial charge in [-0.2, -0.15) is 0 Å². The number of rotatable bonds is 5. The van der Waals surface area contributed by atoms with Crippen molar-refractivity contribution in [2.24, 2.45) is 5.41 Å². The van der Waals surface area contributed by atoms with E-state index in [4.69, 9.17) is 0 Å². The summed E-state index contributed by atoms with van der Waals surface area (Å²) in [5, 5.41) is 12.7. The van der Waals surface area contributed by atoms with Crippen molar-refractivity contribution in [3.05, 3.63) is 29.8 Å². The third-order valence-electron chi connectivity index (χ3n) is 2.45. The first kappa shape index (κ1) is 12.1. The van der Waals surface area contributed by atoms with E-state index in [0.29, 0.717) is 5.75 Å². The molecule has 2 nitrogen and oxygen atoms in total. The second-order valence-electron chi connectivity index (χ2n) is 4.79. The molecule has 0 heterocycles. The van der Waals surface area contributed by atoms with Crippen molar-refractivity contribution in [3.63, 3.8) is 0 Å². The van der Waals surface area contributed by atoms with Crippen LogP contribution in [-0.4, -0.2) is 18.2 Å². The van der Waals surface area contributed by atoms with Crippen molar-refractivity contribution in [2.45, 2.75) is 27.2 Å². The Bertz CT molecular complexity index is 307. The highest BCUT2D eigenvalue weighted by molar-refractivity contribution is 5.27. The topological polar surface area (TPSA) is 32.3 Å². The van der Waals surface area contributed by atoms with Gasteiger partial charge < -0.3 is 10.4 Å². The predicted molar refractivity (Wildman–Crippen MR) is 64.1 cm³/mol. The quantitative estimate of drug-likeness (QED) is 0.777. The van der Waals surface area contributed by atoms with E-state index in [2.05, 4.69) is 32.2 Å². The molecule has 1 aromatic rings. The summed E-state index contributed by atoms with van der Waals surface area (Å²) < 4.78 is 0. The summed E-state index contributed by atoms with van der Waals surface area (Å²) in [4.78, 5) is 0. The SMILES string of the molecule is CCNCC(C)(C)Cc1cccc(O)c1. The van der Waals surface area contributed by atoms with Gasteiger partial charge in [-0.15, -0.1) is 0 Å². The van der Waals surface area contributed by atoms with E-state index in [-0.39, 0.29) is 5.41 Å². The molecule has 0 saturated carbocycles. The lowest BCUT2D eigenvalue weighted by atomic mass is 9.85. The van der Waals surface area contributed by atoms with Crippen molar-refractivity contribution in [2.75, 3.05) is 13.1 Å². The van der Waals surface area contributed by atoms with Gasteiger partial charge in [-0.3, -0.25) is 0 Å². The maximum atomic E-state index is 9.37. The molecule has 2 N–H and O–H groups in total. The minimum absolute atomic E-state index is 0.226. The first-order valence-electron chi connectivity index (χ1n) is 5.52. The second-order valence-corrected chi connectivity index (χ2v) is 4.79. The summed E-state index contributed by atoms with van der Waals surface area (Å²) in [6, 6.07) is 7.51. The molecular weight excluding hydrogens is 186 g/mol. The standard InChI is InChI=1S/C13H21NO/c1-4-14-10-13(2,3)9-11-6-5-7-12(15)8-11/h5-8,14-15H,4,9-10H2,1-3H3. The van der Waals surface area contributed by atoms with Gasteiger partial charge in [0, 0.05) is 6.54 Å². The fourth-order valence-electron chi connectivity index (χ4n) is 1.74. The molecule has 0 radical (unpaired) electrons. The predicted octanol–water partition coefficient (Wildman–Crippen LogP) is 2.57. The lowest BCUT2D eigenvalue weighted by Crippen LogP contribution is -2.30. The van der Waals surface area contributed by atoms with E-state index in [1.165, 1.54) is 5.56 Å². The molecule has 0 unspecified atom stereocenters. The summed E-state index contributed by atoms with van der Waals surface area (Å²) in [5.41, 5.74) is 1.42. The fourth-order valence-corrected chi connectivity index (χ4v) is 1.74. The van der Waals surface area contributed by atoms with Crippen LogP contribution in [0.1, 0.15) is 26.3 Å². The van der Waals surface area contributed by atoms with Gasteiger partial charge in [-0.1, -0.05) is 32.9 Å². The van der Waals surface area contributed by atoms with Crippen molar-refractivity contribution in [1.82, 2.24) is 5.32 Å². The third-order valence-corrected chi connectivity index (χ3v) is 2.45. The molecule has 1 rings (SSSR count). The maximum absolute atomic E-state index is 9.37. The van der Waals surface area contributed by atoms with E-state index in [1.807, 2.05) is 12.1 Å². The van der Waals surface area contributed by atoms with Gasteiger partial charge in [0.05, 0.1) is 0 Å². The first-order valence-corrected chi connectivity index (χ1v) is 5.52. The number of nitrogens with one attached hydrogen (secondary N) is 1. The number of benzene rings is 1. The Labute approximate surface area is 92.3 Å². The van der Waals surface area contributed by atoms with E-state index in [1.54, 1.807) is 6.07 Å². The van der Waals surface area contributed by atoms with Crippen LogP contribution >= 0.6 is 0 Å². The Kier molecular flexibility index (Phi) is 4.15. The number of aromatic hydroxyl groups is 1. The number of hydrogen-bond donors (Lipinski definition) is 2. The highest BCUT2D eigenvalue weighted by atomic mass is 16.3. The Balaban J connectivity index is 2.60. The first-order chi connectivity index (χ1) is 7.03. The maximum Gasteiger partial charge on any atom is 0.115 e. The number of phenols is 1. The minimum Gasteiger partial charge on any atom is -0.508 e. The molecule has 0 aromatic heterocycles. The molecule has 0 aliphatic carbocycles. The van der Waals surface area contributed by atoms with Crippen LogP contribution in [0.2, 0.25) is 0 Å². The number of phenolic OH excluding ortho intramolecular Hbond substituents is 1. The molecule has 0 amide bonds. The van der Waals surface area contributed by atoms with Crippen LogP contribution < -0.4 is 5.32 Å². The van der Waals surface area contributed by atoms with Gasteiger partial charge in [0.25, 0.3) is 0 Å². The summed E-state index contributed by atoms with van der Waals surface area (Å²) in [5.74, 6) is 0.353. The molecular formula is C13H21NO. The van der Waals surface area contributed by atoms with Crippen LogP contribution in [0.15, 0.2) is 24.3 Å². The number of hydrogen-bond acceptors (Lipinski definition) is 2. The average Bonchev–Trinajstić information content (AvgIpc) is 2.14. The second kappa shape index (κ2) is 5.17. The zero-order chi connectivity index (χ0) is 11.3. The Morgan fingerprint density at radius 3 is 2.67 bits per heavy atom. The smallest absolute Gasteiger partial charge is 0.115 e. The van der Waals surface area contributed by atoms with Crippen LogP contribution in [0.3, 0.4) is 0 Å². The molecule has 0 atom stereocenters. The van der Waals surface area contributed by atoms with E-state index >= 15 is 0 Å². The van der Waals surface area contributed by atoms with Crippen LogP contribution in [0, 0.1) is 5.41 Å². The largest absolute Gasteiger partial charge is 0.508 e. The zero-order valence-corrected chi connectivity index (χ0v) is 9.88. The van der Waals surface area contributed by atoms with Gasteiger partial charge in [0.1, 0.15) is 5.75 Å². The van der Waals surface area contributed by atoms with Crippen molar-refractivity contribution < 1.29 is 5.11 Å². The van der Waals surface area contributed by atoms with Gasteiger partial charge >= 0.3 is 0 Å². The van der Waals surface area contributed by atoms with Crippen LogP contribution in [-0.2, 0) is 6.42 Å². The highest BCUT2D eigenvalue weighted by Crippen LogP contribution is 2.22. The summed E-state index contributed by atoms with van der Waals surface area (Å²) in [6.07, 6.45) is 0.981. The Morgan fingerprint density at radius 2 is 2.07 bits per heavy atom. The normalized spacial score (nSPS) is 11.7. The summed E-state index contributed by atoms with van der Waals surface area (Å²) >= 11 is 0. The molecule has 0 spiro atoms. The molecule has 0 saturated heterocycles. The Hall–Kier alpha value is -1.02. The summed E-state index contributed by atoms with van der Waals surface area (Å²) in [7, 11) is 0. The van der Waals surface area contributed by atoms with Gasteiger partial charge in [0.2, 0.25) is 0 Å². The van der Waals surface area contributed by atoms with Gasteiger partial charge in [-0.25, -0.2) is 0 Å². The fraction of sp³-hybridized carbons (Fsp3) is 0.538. The molecule has 15 heavy (non-hydrogen) atoms. The van der Waals surface area contributed by atoms with Crippen LogP contribution in [0.5, 0.6) is 5.75 Å². The van der Waals surface area contributed by atoms with E-state index in [0.717, 1.165) is 19.5 Å².